The van der Waals surface area contributed by atoms with Crippen LogP contribution in [0.3, 0.4) is 0 Å². The molecule has 0 atom stereocenters. The molecule has 1 aliphatic heterocycles. The molecule has 1 aliphatic rings. The third-order valence-electron chi connectivity index (χ3n) is 6.92. The molecule has 3 N–H and O–H groups in total. The lowest BCUT2D eigenvalue weighted by atomic mass is 10.1. The van der Waals surface area contributed by atoms with E-state index in [1.807, 2.05) is 45.7 Å². The molecular weight excluding hydrogens is 450 g/mol. The molecular formula is C27H31N9. The molecule has 0 amide bonds. The number of nitrogens with zero attached hydrogens (tertiary/aromatic N) is 7. The van der Waals surface area contributed by atoms with Gasteiger partial charge in [-0.05, 0) is 36.5 Å². The minimum absolute atomic E-state index is 0.249. The zero-order valence-corrected chi connectivity index (χ0v) is 20.7. The summed E-state index contributed by atoms with van der Waals surface area (Å²) in [5.41, 5.74) is 11.2. The van der Waals surface area contributed by atoms with Crippen LogP contribution in [0.5, 0.6) is 0 Å². The summed E-state index contributed by atoms with van der Waals surface area (Å²) < 4.78 is 3.77. The Morgan fingerprint density at radius 3 is 2.61 bits per heavy atom. The highest BCUT2D eigenvalue weighted by atomic mass is 15.4. The van der Waals surface area contributed by atoms with Gasteiger partial charge in [-0.3, -0.25) is 0 Å². The monoisotopic (exact) mass is 481 g/mol. The van der Waals surface area contributed by atoms with Crippen molar-refractivity contribution in [3.05, 3.63) is 72.1 Å². The molecule has 0 unspecified atom stereocenters. The van der Waals surface area contributed by atoms with Crippen molar-refractivity contribution in [3.8, 4) is 5.69 Å². The van der Waals surface area contributed by atoms with Crippen molar-refractivity contribution in [3.63, 3.8) is 0 Å². The molecule has 0 radical (unpaired) electrons. The van der Waals surface area contributed by atoms with E-state index in [4.69, 9.17) is 20.8 Å². The van der Waals surface area contributed by atoms with Gasteiger partial charge in [0.25, 0.3) is 0 Å². The molecule has 36 heavy (non-hydrogen) atoms. The fourth-order valence-corrected chi connectivity index (χ4v) is 4.79. The number of piperidine rings is 1. The van der Waals surface area contributed by atoms with Gasteiger partial charge in [-0.1, -0.05) is 50.2 Å². The maximum atomic E-state index is 6.14. The first-order chi connectivity index (χ1) is 17.6. The van der Waals surface area contributed by atoms with Gasteiger partial charge in [-0.2, -0.15) is 24.7 Å². The number of benzene rings is 2. The minimum Gasteiger partial charge on any atom is -0.350 e. The Hall–Kier alpha value is -3.98. The van der Waals surface area contributed by atoms with E-state index < -0.39 is 0 Å². The van der Waals surface area contributed by atoms with Crippen LogP contribution in [0.2, 0.25) is 0 Å². The number of hydrogen-bond acceptors (Lipinski definition) is 7. The predicted molar refractivity (Wildman–Crippen MR) is 143 cm³/mol. The first-order valence-electron chi connectivity index (χ1n) is 12.6. The maximum absolute atomic E-state index is 6.14. The molecule has 9 nitrogen and oxygen atoms in total. The number of aromatic nitrogens is 6. The molecule has 9 heteroatoms. The Bertz CT molecular complexity index is 1480. The predicted octanol–water partition coefficient (Wildman–Crippen LogP) is 4.13. The van der Waals surface area contributed by atoms with E-state index in [2.05, 4.69) is 53.6 Å². The molecule has 1 fully saturated rings. The molecule has 1 saturated heterocycles. The van der Waals surface area contributed by atoms with Crippen LogP contribution in [-0.2, 0) is 6.54 Å². The van der Waals surface area contributed by atoms with E-state index in [0.717, 1.165) is 65.2 Å². The van der Waals surface area contributed by atoms with Gasteiger partial charge in [0.05, 0.1) is 17.4 Å². The van der Waals surface area contributed by atoms with Gasteiger partial charge in [0.15, 0.2) is 5.65 Å². The van der Waals surface area contributed by atoms with Gasteiger partial charge in [-0.15, -0.1) is 0 Å². The number of nitrogens with one attached hydrogen (secondary N) is 1. The Kier molecular flexibility index (Phi) is 5.77. The number of rotatable bonds is 6. The molecule has 5 aromatic rings. The molecule has 4 heterocycles. The largest absolute Gasteiger partial charge is 0.350 e. The Morgan fingerprint density at radius 2 is 1.81 bits per heavy atom. The summed E-state index contributed by atoms with van der Waals surface area (Å²) in [5.74, 6) is 1.71. The van der Waals surface area contributed by atoms with Crippen LogP contribution < -0.4 is 16.0 Å². The fraction of sp³-hybridized carbons (Fsp3) is 0.333. The Morgan fingerprint density at radius 1 is 1.03 bits per heavy atom. The van der Waals surface area contributed by atoms with Crippen molar-refractivity contribution in [2.45, 2.75) is 45.2 Å². The number of anilines is 2. The summed E-state index contributed by atoms with van der Waals surface area (Å²) in [5, 5.41) is 14.1. The molecule has 6 rings (SSSR count). The van der Waals surface area contributed by atoms with Crippen LogP contribution in [0.1, 0.15) is 43.7 Å². The molecule has 184 valence electrons. The summed E-state index contributed by atoms with van der Waals surface area (Å²) in [6, 6.07) is 16.7. The smallest absolute Gasteiger partial charge is 0.230 e. The van der Waals surface area contributed by atoms with Crippen molar-refractivity contribution in [1.29, 1.82) is 0 Å². The second kappa shape index (κ2) is 9.23. The second-order valence-corrected chi connectivity index (χ2v) is 9.78. The third-order valence-corrected chi connectivity index (χ3v) is 6.92. The number of para-hydroxylation sites is 1. The Balaban J connectivity index is 1.35. The van der Waals surface area contributed by atoms with Crippen LogP contribution in [0.25, 0.3) is 22.2 Å². The van der Waals surface area contributed by atoms with Crippen molar-refractivity contribution >= 4 is 28.4 Å². The standard InChI is InChI=1S/C27H31N9/c1-18(2)22-16-30-36-25(22)31-27(34-13-11-21(28)12-14-34)32-26(36)29-15-19-7-4-6-10-24(19)35-17-20-8-3-5-9-23(20)33-35/h3-10,16-18,21H,11-15,28H2,1-2H3,(H,29,31,32). The molecule has 0 saturated carbocycles. The quantitative estimate of drug-likeness (QED) is 0.376. The summed E-state index contributed by atoms with van der Waals surface area (Å²) in [6.07, 6.45) is 5.86. The van der Waals surface area contributed by atoms with Crippen molar-refractivity contribution in [2.24, 2.45) is 5.73 Å². The van der Waals surface area contributed by atoms with E-state index in [0.29, 0.717) is 18.4 Å². The van der Waals surface area contributed by atoms with Crippen molar-refractivity contribution < 1.29 is 0 Å². The van der Waals surface area contributed by atoms with Crippen LogP contribution in [0, 0.1) is 0 Å². The molecule has 0 aliphatic carbocycles. The minimum atomic E-state index is 0.249. The maximum Gasteiger partial charge on any atom is 0.230 e. The van der Waals surface area contributed by atoms with Crippen LogP contribution >= 0.6 is 0 Å². The SMILES string of the molecule is CC(C)c1cnn2c(NCc3ccccc3-n3cc4ccccc4n3)nc(N3CCC(N)CC3)nc12. The van der Waals surface area contributed by atoms with Crippen molar-refractivity contribution in [1.82, 2.24) is 29.4 Å². The fourth-order valence-electron chi connectivity index (χ4n) is 4.79. The van der Waals surface area contributed by atoms with Gasteiger partial charge < -0.3 is 16.0 Å². The van der Waals surface area contributed by atoms with E-state index in [9.17, 15) is 0 Å². The number of hydrogen-bond donors (Lipinski definition) is 2. The highest BCUT2D eigenvalue weighted by Gasteiger charge is 2.22. The van der Waals surface area contributed by atoms with Gasteiger partial charge in [0.2, 0.25) is 11.9 Å². The summed E-state index contributed by atoms with van der Waals surface area (Å²) in [7, 11) is 0. The van der Waals surface area contributed by atoms with Gasteiger partial charge in [0.1, 0.15) is 0 Å². The van der Waals surface area contributed by atoms with Gasteiger partial charge in [-0.25, -0.2) is 4.68 Å². The van der Waals surface area contributed by atoms with Gasteiger partial charge >= 0.3 is 0 Å². The van der Waals surface area contributed by atoms with E-state index >= 15 is 0 Å². The van der Waals surface area contributed by atoms with Crippen LogP contribution in [-0.4, -0.2) is 48.5 Å². The summed E-state index contributed by atoms with van der Waals surface area (Å²) in [6.45, 7) is 6.61. The molecule has 2 aromatic carbocycles. The van der Waals surface area contributed by atoms with E-state index in [1.165, 1.54) is 0 Å². The number of nitrogens with two attached hydrogens (primary N) is 1. The first-order valence-corrected chi connectivity index (χ1v) is 12.6. The third kappa shape index (κ3) is 4.15. The van der Waals surface area contributed by atoms with Crippen LogP contribution in [0.4, 0.5) is 11.9 Å². The zero-order chi connectivity index (χ0) is 24.6. The molecule has 0 bridgehead atoms. The van der Waals surface area contributed by atoms with Gasteiger partial charge in [0, 0.05) is 42.8 Å². The average molecular weight is 482 g/mol. The topological polar surface area (TPSA) is 102 Å². The highest BCUT2D eigenvalue weighted by molar-refractivity contribution is 5.78. The van der Waals surface area contributed by atoms with Crippen LogP contribution in [0.15, 0.2) is 60.9 Å². The normalized spacial score (nSPS) is 14.8. The van der Waals surface area contributed by atoms with Crippen molar-refractivity contribution in [2.75, 3.05) is 23.3 Å². The summed E-state index contributed by atoms with van der Waals surface area (Å²) >= 11 is 0. The first kappa shape index (κ1) is 22.5. The number of fused-ring (bicyclic) bond motifs is 2. The lowest BCUT2D eigenvalue weighted by Gasteiger charge is -2.30. The zero-order valence-electron chi connectivity index (χ0n) is 20.7. The van der Waals surface area contributed by atoms with E-state index in [-0.39, 0.29) is 6.04 Å². The molecule has 3 aromatic heterocycles. The lowest BCUT2D eigenvalue weighted by Crippen LogP contribution is -2.40. The Labute approximate surface area is 210 Å². The average Bonchev–Trinajstić information content (AvgIpc) is 3.52. The summed E-state index contributed by atoms with van der Waals surface area (Å²) in [4.78, 5) is 12.1. The lowest BCUT2D eigenvalue weighted by molar-refractivity contribution is 0.495. The molecule has 0 spiro atoms. The highest BCUT2D eigenvalue weighted by Crippen LogP contribution is 2.25. The second-order valence-electron chi connectivity index (χ2n) is 9.78. The van der Waals surface area contributed by atoms with E-state index in [1.54, 1.807) is 0 Å².